The lowest BCUT2D eigenvalue weighted by molar-refractivity contribution is -0.172. The molecule has 0 aliphatic heterocycles. The Morgan fingerprint density at radius 2 is 2.00 bits per heavy atom. The Hall–Kier alpha value is -0.130. The van der Waals surface area contributed by atoms with Crippen LogP contribution in [0.25, 0.3) is 0 Å². The highest BCUT2D eigenvalue weighted by molar-refractivity contribution is 7.92. The van der Waals surface area contributed by atoms with Crippen molar-refractivity contribution >= 4 is 9.84 Å². The zero-order valence-electron chi connectivity index (χ0n) is 12.5. The van der Waals surface area contributed by atoms with Gasteiger partial charge in [0.25, 0.3) is 0 Å². The molecule has 2 aliphatic carbocycles. The topological polar surface area (TPSA) is 55.4 Å². The van der Waals surface area contributed by atoms with Crippen molar-refractivity contribution in [1.29, 1.82) is 0 Å². The molecule has 0 heterocycles. The molecule has 2 atom stereocenters. The molecule has 2 aliphatic rings. The molecule has 2 unspecified atom stereocenters. The lowest BCUT2D eigenvalue weighted by Gasteiger charge is -2.61. The standard InChI is InChI=1S/C14H27NO3S/c1-5-18-12-9-11(14(12)7-6-8-14)15-10-13(2,3)19(4,16)17/h11-12,15H,5-10H2,1-4H3. The van der Waals surface area contributed by atoms with Gasteiger partial charge in [-0.15, -0.1) is 0 Å². The van der Waals surface area contributed by atoms with Gasteiger partial charge in [-0.25, -0.2) is 8.42 Å². The summed E-state index contributed by atoms with van der Waals surface area (Å²) in [6, 6.07) is 0.429. The minimum absolute atomic E-state index is 0.295. The van der Waals surface area contributed by atoms with Crippen LogP contribution in [0.4, 0.5) is 0 Å². The quantitative estimate of drug-likeness (QED) is 0.809. The van der Waals surface area contributed by atoms with Crippen molar-refractivity contribution in [2.45, 2.75) is 63.3 Å². The van der Waals surface area contributed by atoms with Gasteiger partial charge in [0.05, 0.1) is 10.9 Å². The van der Waals surface area contributed by atoms with Gasteiger partial charge in [-0.3, -0.25) is 0 Å². The van der Waals surface area contributed by atoms with Crippen LogP contribution in [0.15, 0.2) is 0 Å². The highest BCUT2D eigenvalue weighted by Gasteiger charge is 2.58. The lowest BCUT2D eigenvalue weighted by Crippen LogP contribution is -2.68. The van der Waals surface area contributed by atoms with E-state index in [-0.39, 0.29) is 0 Å². The summed E-state index contributed by atoms with van der Waals surface area (Å²) >= 11 is 0. The average molecular weight is 289 g/mol. The molecule has 0 radical (unpaired) electrons. The van der Waals surface area contributed by atoms with Crippen molar-refractivity contribution in [3.8, 4) is 0 Å². The number of nitrogens with one attached hydrogen (secondary N) is 1. The summed E-state index contributed by atoms with van der Waals surface area (Å²) in [5, 5.41) is 3.49. The molecule has 0 bridgehead atoms. The van der Waals surface area contributed by atoms with Crippen LogP contribution in [-0.4, -0.2) is 44.7 Å². The van der Waals surface area contributed by atoms with E-state index in [4.69, 9.17) is 4.74 Å². The molecule has 2 rings (SSSR count). The van der Waals surface area contributed by atoms with Crippen LogP contribution in [0.2, 0.25) is 0 Å². The summed E-state index contributed by atoms with van der Waals surface area (Å²) in [6.45, 7) is 6.92. The predicted octanol–water partition coefficient (Wildman–Crippen LogP) is 1.75. The number of sulfone groups is 1. The second-order valence-electron chi connectivity index (χ2n) is 6.73. The average Bonchev–Trinajstić information content (AvgIpc) is 2.18. The molecule has 1 spiro atoms. The van der Waals surface area contributed by atoms with E-state index in [0.717, 1.165) is 13.0 Å². The molecule has 1 N–H and O–H groups in total. The molecule has 0 aromatic carbocycles. The number of ether oxygens (including phenoxy) is 1. The summed E-state index contributed by atoms with van der Waals surface area (Å²) in [7, 11) is -3.03. The fraction of sp³-hybridized carbons (Fsp3) is 1.00. The van der Waals surface area contributed by atoms with Gasteiger partial charge in [0.1, 0.15) is 0 Å². The maximum Gasteiger partial charge on any atom is 0.153 e. The summed E-state index contributed by atoms with van der Waals surface area (Å²) in [6.07, 6.45) is 6.43. The first-order chi connectivity index (χ1) is 8.73. The van der Waals surface area contributed by atoms with Crippen molar-refractivity contribution in [2.24, 2.45) is 5.41 Å². The van der Waals surface area contributed by atoms with Gasteiger partial charge in [-0.05, 0) is 40.0 Å². The molecule has 5 heteroatoms. The third-order valence-corrected chi connectivity index (χ3v) is 7.37. The van der Waals surface area contributed by atoms with E-state index < -0.39 is 14.6 Å². The van der Waals surface area contributed by atoms with Crippen molar-refractivity contribution in [3.05, 3.63) is 0 Å². The second-order valence-corrected chi connectivity index (χ2v) is 9.38. The van der Waals surface area contributed by atoms with Gasteiger partial charge in [0.2, 0.25) is 0 Å². The van der Waals surface area contributed by atoms with Crippen LogP contribution < -0.4 is 5.32 Å². The van der Waals surface area contributed by atoms with Gasteiger partial charge in [0.15, 0.2) is 9.84 Å². The minimum Gasteiger partial charge on any atom is -0.378 e. The molecule has 112 valence electrons. The summed E-state index contributed by atoms with van der Waals surface area (Å²) in [5.74, 6) is 0. The van der Waals surface area contributed by atoms with E-state index in [1.807, 2.05) is 6.92 Å². The molecular formula is C14H27NO3S. The fourth-order valence-corrected chi connectivity index (χ4v) is 3.57. The van der Waals surface area contributed by atoms with E-state index in [1.165, 1.54) is 25.5 Å². The molecule has 4 nitrogen and oxygen atoms in total. The smallest absolute Gasteiger partial charge is 0.153 e. The van der Waals surface area contributed by atoms with E-state index in [1.54, 1.807) is 13.8 Å². The Bertz CT molecular complexity index is 426. The van der Waals surface area contributed by atoms with Crippen LogP contribution in [0, 0.1) is 5.41 Å². The Labute approximate surface area is 117 Å². The van der Waals surface area contributed by atoms with Crippen LogP contribution in [0.5, 0.6) is 0 Å². The number of hydrogen-bond acceptors (Lipinski definition) is 4. The molecule has 0 amide bonds. The molecule has 2 fully saturated rings. The maximum atomic E-state index is 11.7. The SMILES string of the molecule is CCOC1CC(NCC(C)(C)S(C)(=O)=O)C12CCC2. The zero-order valence-corrected chi connectivity index (χ0v) is 13.3. The van der Waals surface area contributed by atoms with Crippen molar-refractivity contribution < 1.29 is 13.2 Å². The van der Waals surface area contributed by atoms with E-state index in [2.05, 4.69) is 5.32 Å². The first kappa shape index (κ1) is 15.3. The molecular weight excluding hydrogens is 262 g/mol. The van der Waals surface area contributed by atoms with E-state index in [0.29, 0.717) is 24.1 Å². The van der Waals surface area contributed by atoms with Crippen LogP contribution in [0.1, 0.15) is 46.5 Å². The zero-order chi connectivity index (χ0) is 14.3. The highest BCUT2D eigenvalue weighted by atomic mass is 32.2. The maximum absolute atomic E-state index is 11.7. The number of hydrogen-bond donors (Lipinski definition) is 1. The Morgan fingerprint density at radius 3 is 2.42 bits per heavy atom. The highest BCUT2D eigenvalue weighted by Crippen LogP contribution is 2.57. The number of rotatable bonds is 6. The normalized spacial score (nSPS) is 29.9. The van der Waals surface area contributed by atoms with Gasteiger partial charge in [-0.1, -0.05) is 6.42 Å². The first-order valence-electron chi connectivity index (χ1n) is 7.27. The van der Waals surface area contributed by atoms with Gasteiger partial charge in [0, 0.05) is 30.9 Å². The summed E-state index contributed by atoms with van der Waals surface area (Å²) in [4.78, 5) is 0. The van der Waals surface area contributed by atoms with Gasteiger partial charge in [-0.2, -0.15) is 0 Å². The van der Waals surface area contributed by atoms with Crippen LogP contribution in [-0.2, 0) is 14.6 Å². The van der Waals surface area contributed by atoms with Crippen molar-refractivity contribution in [1.82, 2.24) is 5.32 Å². The van der Waals surface area contributed by atoms with E-state index in [9.17, 15) is 8.42 Å². The Morgan fingerprint density at radius 1 is 1.37 bits per heavy atom. The minimum atomic E-state index is -3.03. The summed E-state index contributed by atoms with van der Waals surface area (Å²) in [5.41, 5.74) is 0.295. The van der Waals surface area contributed by atoms with Crippen molar-refractivity contribution in [2.75, 3.05) is 19.4 Å². The van der Waals surface area contributed by atoms with Crippen LogP contribution in [0.3, 0.4) is 0 Å². The Balaban J connectivity index is 1.92. The molecule has 0 aromatic heterocycles. The first-order valence-corrected chi connectivity index (χ1v) is 9.17. The molecule has 2 saturated carbocycles. The molecule has 0 aromatic rings. The van der Waals surface area contributed by atoms with Gasteiger partial charge < -0.3 is 10.1 Å². The largest absolute Gasteiger partial charge is 0.378 e. The third-order valence-electron chi connectivity index (χ3n) is 5.22. The lowest BCUT2D eigenvalue weighted by atomic mass is 9.51. The van der Waals surface area contributed by atoms with E-state index >= 15 is 0 Å². The second kappa shape index (κ2) is 5.01. The third kappa shape index (κ3) is 2.57. The van der Waals surface area contributed by atoms with Gasteiger partial charge >= 0.3 is 0 Å². The van der Waals surface area contributed by atoms with Crippen molar-refractivity contribution in [3.63, 3.8) is 0 Å². The summed E-state index contributed by atoms with van der Waals surface area (Å²) < 4.78 is 28.5. The van der Waals surface area contributed by atoms with Crippen LogP contribution >= 0.6 is 0 Å². The fourth-order valence-electron chi connectivity index (χ4n) is 3.22. The predicted molar refractivity (Wildman–Crippen MR) is 77.0 cm³/mol. The molecule has 19 heavy (non-hydrogen) atoms. The molecule has 0 saturated heterocycles. The Kier molecular flexibility index (Phi) is 4.02. The monoisotopic (exact) mass is 289 g/mol.